The third-order valence-corrected chi connectivity index (χ3v) is 5.08. The van der Waals surface area contributed by atoms with Crippen LogP contribution in [0, 0.1) is 0 Å². The summed E-state index contributed by atoms with van der Waals surface area (Å²) in [5, 5.41) is 4.54. The van der Waals surface area contributed by atoms with Crippen molar-refractivity contribution in [1.29, 1.82) is 0 Å². The van der Waals surface area contributed by atoms with Gasteiger partial charge in [0.2, 0.25) is 0 Å². The van der Waals surface area contributed by atoms with Gasteiger partial charge in [0.25, 0.3) is 0 Å². The van der Waals surface area contributed by atoms with Crippen LogP contribution in [0.2, 0.25) is 0 Å². The minimum Gasteiger partial charge on any atom is -0.394 e. The highest BCUT2D eigenvalue weighted by Crippen LogP contribution is 2.44. The Balaban J connectivity index is 1.98. The summed E-state index contributed by atoms with van der Waals surface area (Å²) >= 11 is 0. The summed E-state index contributed by atoms with van der Waals surface area (Å²) in [5.41, 5.74) is 10.5. The summed E-state index contributed by atoms with van der Waals surface area (Å²) in [4.78, 5) is 16.7. The molecule has 0 saturated heterocycles. The molecule has 0 bridgehead atoms. The molecule has 0 unspecified atom stereocenters. The van der Waals surface area contributed by atoms with Crippen LogP contribution < -0.4 is 5.73 Å². The molecule has 0 atom stereocenters. The van der Waals surface area contributed by atoms with E-state index in [2.05, 4.69) is 53.8 Å². The zero-order valence-electron chi connectivity index (χ0n) is 16.0. The molecule has 2 aromatic rings. The maximum Gasteiger partial charge on any atom is 0.131 e. The highest BCUT2D eigenvalue weighted by atomic mass is 16.6. The number of nitrogens with zero attached hydrogens (tertiary/aromatic N) is 4. The Kier molecular flexibility index (Phi) is 5.23. The van der Waals surface area contributed by atoms with Crippen LogP contribution in [0.3, 0.4) is 0 Å². The zero-order chi connectivity index (χ0) is 18.7. The van der Waals surface area contributed by atoms with Gasteiger partial charge in [-0.3, -0.25) is 0 Å². The monoisotopic (exact) mass is 353 g/mol. The van der Waals surface area contributed by atoms with E-state index in [-0.39, 0.29) is 0 Å². The van der Waals surface area contributed by atoms with Crippen LogP contribution in [0.1, 0.15) is 38.8 Å². The molecule has 2 N–H and O–H groups in total. The van der Waals surface area contributed by atoms with Gasteiger partial charge < -0.3 is 15.5 Å². The third-order valence-electron chi connectivity index (χ3n) is 5.08. The van der Waals surface area contributed by atoms with E-state index in [1.54, 1.807) is 0 Å². The van der Waals surface area contributed by atoms with Crippen molar-refractivity contribution < 1.29 is 4.84 Å². The number of likely N-dealkylation sites (N-methyl/N-ethyl adjacent to an activating group) is 1. The van der Waals surface area contributed by atoms with Crippen molar-refractivity contribution in [2.24, 2.45) is 5.16 Å². The molecule has 6 heteroatoms. The van der Waals surface area contributed by atoms with Crippen molar-refractivity contribution in [3.05, 3.63) is 41.7 Å². The number of anilines is 1. The fourth-order valence-electron chi connectivity index (χ4n) is 3.55. The van der Waals surface area contributed by atoms with Crippen LogP contribution in [0.15, 0.2) is 35.7 Å². The number of nitrogen functional groups attached to an aromatic ring is 1. The molecule has 1 aliphatic rings. The van der Waals surface area contributed by atoms with Crippen LogP contribution in [-0.2, 0) is 10.3 Å². The minimum absolute atomic E-state index is 0.440. The van der Waals surface area contributed by atoms with E-state index >= 15 is 0 Å². The summed E-state index contributed by atoms with van der Waals surface area (Å²) in [5.74, 6) is 0.491. The maximum absolute atomic E-state index is 6.21. The molecule has 1 aromatic carbocycles. The first kappa shape index (κ1) is 18.3. The number of aromatic nitrogens is 2. The Morgan fingerprint density at radius 1 is 1.12 bits per heavy atom. The van der Waals surface area contributed by atoms with Crippen molar-refractivity contribution in [1.82, 2.24) is 14.9 Å². The van der Waals surface area contributed by atoms with Crippen molar-refractivity contribution in [3.8, 4) is 11.3 Å². The molecule has 0 saturated carbocycles. The summed E-state index contributed by atoms with van der Waals surface area (Å²) in [6, 6.07) is 8.11. The maximum atomic E-state index is 6.21. The highest BCUT2D eigenvalue weighted by molar-refractivity contribution is 6.15. The second-order valence-electron chi connectivity index (χ2n) is 6.95. The van der Waals surface area contributed by atoms with Gasteiger partial charge in [-0.1, -0.05) is 43.3 Å². The Bertz CT molecular complexity index is 812. The first-order valence-electron chi connectivity index (χ1n) is 9.14. The van der Waals surface area contributed by atoms with Crippen LogP contribution in [0.4, 0.5) is 5.82 Å². The number of fused-ring (bicyclic) bond motifs is 3. The van der Waals surface area contributed by atoms with E-state index in [4.69, 9.17) is 10.6 Å². The van der Waals surface area contributed by atoms with Crippen LogP contribution >= 0.6 is 0 Å². The summed E-state index contributed by atoms with van der Waals surface area (Å²) in [6.07, 6.45) is 1.52. The summed E-state index contributed by atoms with van der Waals surface area (Å²) < 4.78 is 0. The molecule has 0 spiro atoms. The molecule has 0 radical (unpaired) electrons. The smallest absolute Gasteiger partial charge is 0.131 e. The lowest BCUT2D eigenvalue weighted by Gasteiger charge is -2.34. The molecule has 0 amide bonds. The average Bonchev–Trinajstić information content (AvgIpc) is 2.63. The van der Waals surface area contributed by atoms with Crippen LogP contribution in [0.5, 0.6) is 0 Å². The van der Waals surface area contributed by atoms with E-state index in [1.807, 2.05) is 18.2 Å². The van der Waals surface area contributed by atoms with Gasteiger partial charge in [0.15, 0.2) is 0 Å². The minimum atomic E-state index is -0.440. The first-order chi connectivity index (χ1) is 12.5. The second kappa shape index (κ2) is 7.41. The van der Waals surface area contributed by atoms with Gasteiger partial charge in [0, 0.05) is 28.7 Å². The quantitative estimate of drug-likeness (QED) is 0.638. The molecular formula is C20H27N5O. The van der Waals surface area contributed by atoms with Crippen molar-refractivity contribution in [3.63, 3.8) is 0 Å². The van der Waals surface area contributed by atoms with Gasteiger partial charge in [0.05, 0.1) is 11.4 Å². The molecule has 1 heterocycles. The van der Waals surface area contributed by atoms with Gasteiger partial charge in [-0.25, -0.2) is 9.97 Å². The Hall–Kier alpha value is -2.47. The summed E-state index contributed by atoms with van der Waals surface area (Å²) in [6.45, 7) is 11.9. The number of nitrogens with two attached hydrogens (primary N) is 1. The normalized spacial score (nSPS) is 16.4. The standard InChI is InChI=1S/C20H27N5O/c1-5-25(6-2)11-12-26-24-18-15-10-8-7-9-14(15)17-16(20(18,3)4)19(21)23-13-22-17/h7-10,13H,5-6,11-12H2,1-4H3,(H2,21,22,23). The highest BCUT2D eigenvalue weighted by Gasteiger charge is 2.40. The molecular weight excluding hydrogens is 326 g/mol. The van der Waals surface area contributed by atoms with Crippen molar-refractivity contribution in [2.45, 2.75) is 33.1 Å². The lowest BCUT2D eigenvalue weighted by molar-refractivity contribution is 0.113. The van der Waals surface area contributed by atoms with Gasteiger partial charge in [-0.15, -0.1) is 0 Å². The largest absolute Gasteiger partial charge is 0.394 e. The van der Waals surface area contributed by atoms with Crippen molar-refractivity contribution >= 4 is 11.5 Å². The van der Waals surface area contributed by atoms with E-state index in [0.29, 0.717) is 12.4 Å². The fourth-order valence-corrected chi connectivity index (χ4v) is 3.55. The molecule has 1 aromatic heterocycles. The molecule has 3 rings (SSSR count). The topological polar surface area (TPSA) is 76.6 Å². The lowest BCUT2D eigenvalue weighted by Crippen LogP contribution is -2.36. The molecule has 0 fully saturated rings. The zero-order valence-corrected chi connectivity index (χ0v) is 16.0. The van der Waals surface area contributed by atoms with Crippen LogP contribution in [0.25, 0.3) is 11.3 Å². The van der Waals surface area contributed by atoms with Gasteiger partial charge >= 0.3 is 0 Å². The number of oxime groups is 1. The number of hydrogen-bond donors (Lipinski definition) is 1. The predicted octanol–water partition coefficient (Wildman–Crippen LogP) is 3.08. The Labute approximate surface area is 155 Å². The molecule has 26 heavy (non-hydrogen) atoms. The van der Waals surface area contributed by atoms with E-state index in [0.717, 1.165) is 47.7 Å². The molecule has 138 valence electrons. The average molecular weight is 353 g/mol. The number of rotatable bonds is 6. The van der Waals surface area contributed by atoms with Crippen LogP contribution in [-0.4, -0.2) is 46.8 Å². The van der Waals surface area contributed by atoms with Crippen molar-refractivity contribution in [2.75, 3.05) is 32.0 Å². The third kappa shape index (κ3) is 3.17. The van der Waals surface area contributed by atoms with E-state index < -0.39 is 5.41 Å². The van der Waals surface area contributed by atoms with Gasteiger partial charge in [-0.05, 0) is 26.9 Å². The number of hydrogen-bond acceptors (Lipinski definition) is 6. The molecule has 1 aliphatic carbocycles. The fraction of sp³-hybridized carbons (Fsp3) is 0.450. The Morgan fingerprint density at radius 2 is 1.81 bits per heavy atom. The lowest BCUT2D eigenvalue weighted by atomic mass is 9.70. The molecule has 6 nitrogen and oxygen atoms in total. The SMILES string of the molecule is CCN(CC)CCON=C1c2ccccc2-c2ncnc(N)c2C1(C)C. The van der Waals surface area contributed by atoms with Gasteiger partial charge in [0.1, 0.15) is 18.8 Å². The first-order valence-corrected chi connectivity index (χ1v) is 9.14. The predicted molar refractivity (Wildman–Crippen MR) is 105 cm³/mol. The molecule has 0 aliphatic heterocycles. The Morgan fingerprint density at radius 3 is 2.50 bits per heavy atom. The van der Waals surface area contributed by atoms with E-state index in [9.17, 15) is 0 Å². The second-order valence-corrected chi connectivity index (χ2v) is 6.95. The van der Waals surface area contributed by atoms with E-state index in [1.165, 1.54) is 6.33 Å². The summed E-state index contributed by atoms with van der Waals surface area (Å²) in [7, 11) is 0. The number of benzene rings is 1. The van der Waals surface area contributed by atoms with Gasteiger partial charge in [-0.2, -0.15) is 0 Å².